The molecule has 0 spiro atoms. The fraction of sp³-hybridized carbons (Fsp3) is 0.778. The van der Waals surface area contributed by atoms with Crippen molar-refractivity contribution in [1.29, 1.82) is 0 Å². The van der Waals surface area contributed by atoms with Gasteiger partial charge < -0.3 is 15.8 Å². The molecule has 0 saturated carbocycles. The van der Waals surface area contributed by atoms with Crippen LogP contribution in [0.4, 0.5) is 0 Å². The molecule has 0 fully saturated rings. The third-order valence-electron chi connectivity index (χ3n) is 4.01. The van der Waals surface area contributed by atoms with Crippen molar-refractivity contribution in [2.75, 3.05) is 0 Å². The van der Waals surface area contributed by atoms with Crippen LogP contribution in [0.5, 0.6) is 0 Å². The van der Waals surface area contributed by atoms with Gasteiger partial charge in [-0.15, -0.1) is 0 Å². The van der Waals surface area contributed by atoms with Gasteiger partial charge in [0.1, 0.15) is 6.04 Å². The summed E-state index contributed by atoms with van der Waals surface area (Å²) in [5.41, 5.74) is 5.92. The Kier molecular flexibility index (Phi) is 17.2. The molecule has 24 heavy (non-hydrogen) atoms. The van der Waals surface area contributed by atoms with Crippen molar-refractivity contribution in [3.63, 3.8) is 0 Å². The molecular weight excluding hydrogens is 313 g/mol. The fourth-order valence-electron chi connectivity index (χ4n) is 2.45. The van der Waals surface area contributed by atoms with E-state index in [4.69, 9.17) is 10.8 Å². The number of nitrogens with zero attached hydrogens (tertiary/aromatic N) is 1. The van der Waals surface area contributed by atoms with Crippen molar-refractivity contribution in [2.45, 2.75) is 87.3 Å². The van der Waals surface area contributed by atoms with Crippen LogP contribution in [0.25, 0.3) is 0 Å². The first-order valence-corrected chi connectivity index (χ1v) is 11.0. The second-order valence-corrected chi connectivity index (χ2v) is 7.39. The standard InChI is InChI=1S/C12H25.C6H9N3O2.Na/c1-3-5-7-9-11-12-10-8-6-4-2;7-5(6(10)11)1-4-2-8-3-9-4;/h1,3-12H2,2H3;2-3,5H,1,7H2,(H,8,9)(H,10,11);. The van der Waals surface area contributed by atoms with E-state index in [1.807, 2.05) is 0 Å². The number of nitrogens with two attached hydrogens (primary N) is 1. The number of hydrogen-bond donors (Lipinski definition) is 3. The number of aliphatic carboxylic acids is 1. The summed E-state index contributed by atoms with van der Waals surface area (Å²) in [5, 5.41) is 8.42. The molecule has 4 N–H and O–H groups in total. The molecule has 0 radical (unpaired) electrons. The molecule has 1 heterocycles. The summed E-state index contributed by atoms with van der Waals surface area (Å²) in [6.45, 7) is 2.29. The molecule has 1 atom stereocenters. The molecule has 6 heteroatoms. The minimum atomic E-state index is -1.01. The largest absolute Gasteiger partial charge is 0.480 e. The van der Waals surface area contributed by atoms with E-state index in [0.717, 1.165) is 0 Å². The molecule has 1 rings (SSSR count). The Balaban J connectivity index is 0.000000446. The molecule has 0 aliphatic carbocycles. The van der Waals surface area contributed by atoms with Crippen LogP contribution in [0, 0.1) is 0 Å². The molecular formula is C18H34N3NaO2. The van der Waals surface area contributed by atoms with Gasteiger partial charge in [-0.2, -0.15) is 0 Å². The number of carboxylic acids is 1. The zero-order valence-electron chi connectivity index (χ0n) is 15.6. The molecule has 0 amide bonds. The molecule has 1 aromatic heterocycles. The molecule has 134 valence electrons. The number of nitrogens with one attached hydrogen (secondary N) is 1. The van der Waals surface area contributed by atoms with Crippen molar-refractivity contribution < 1.29 is 9.90 Å². The Labute approximate surface area is 164 Å². The van der Waals surface area contributed by atoms with E-state index in [1.165, 1.54) is 102 Å². The summed E-state index contributed by atoms with van der Waals surface area (Å²) < 4.78 is 1.51. The van der Waals surface area contributed by atoms with E-state index in [2.05, 4.69) is 16.9 Å². The summed E-state index contributed by atoms with van der Waals surface area (Å²) in [5.74, 6) is -1.01. The van der Waals surface area contributed by atoms with Gasteiger partial charge in [0.2, 0.25) is 0 Å². The van der Waals surface area contributed by atoms with Crippen molar-refractivity contribution in [1.82, 2.24) is 9.97 Å². The maximum Gasteiger partial charge on any atom is 0.320 e. The van der Waals surface area contributed by atoms with E-state index in [1.54, 1.807) is 6.20 Å². The van der Waals surface area contributed by atoms with E-state index in [9.17, 15) is 4.79 Å². The average Bonchev–Trinajstić information content (AvgIpc) is 3.07. The smallest absolute Gasteiger partial charge is 0.320 e. The van der Waals surface area contributed by atoms with Gasteiger partial charge in [-0.1, -0.05) is 0 Å². The number of unbranched alkanes of at least 4 members (excludes halogenated alkanes) is 9. The number of H-pyrrole nitrogens is 1. The Morgan fingerprint density at radius 2 is 1.71 bits per heavy atom. The second kappa shape index (κ2) is 17.5. The van der Waals surface area contributed by atoms with Gasteiger partial charge in [-0.25, -0.2) is 4.98 Å². The normalized spacial score (nSPS) is 11.7. The fourth-order valence-corrected chi connectivity index (χ4v) is 2.95. The van der Waals surface area contributed by atoms with Crippen LogP contribution >= 0.6 is 0 Å². The molecule has 0 aliphatic rings. The first kappa shape index (κ1) is 23.6. The van der Waals surface area contributed by atoms with Crippen LogP contribution in [-0.2, 0) is 11.2 Å². The first-order valence-electron chi connectivity index (χ1n) is 9.57. The third kappa shape index (κ3) is 15.2. The van der Waals surface area contributed by atoms with E-state index < -0.39 is 12.0 Å². The number of rotatable bonds is 13. The maximum absolute atomic E-state index is 10.3. The number of hydrogen-bond acceptors (Lipinski definition) is 3. The van der Waals surface area contributed by atoms with Gasteiger partial charge in [-0.3, -0.25) is 4.79 Å². The zero-order chi connectivity index (χ0) is 18.0. The van der Waals surface area contributed by atoms with Crippen LogP contribution < -0.4 is 5.73 Å². The van der Waals surface area contributed by atoms with E-state index >= 15 is 0 Å². The van der Waals surface area contributed by atoms with Crippen LogP contribution in [0.15, 0.2) is 12.5 Å². The first-order chi connectivity index (χ1) is 11.6. The summed E-state index contributed by atoms with van der Waals surface area (Å²) in [7, 11) is 0. The van der Waals surface area contributed by atoms with Crippen LogP contribution in [0.2, 0.25) is 3.67 Å². The van der Waals surface area contributed by atoms with Crippen LogP contribution in [-0.4, -0.2) is 55.0 Å². The van der Waals surface area contributed by atoms with Crippen molar-refractivity contribution in [3.05, 3.63) is 18.2 Å². The second-order valence-electron chi connectivity index (χ2n) is 6.39. The van der Waals surface area contributed by atoms with Crippen LogP contribution in [0.1, 0.15) is 76.8 Å². The number of aromatic nitrogens is 2. The van der Waals surface area contributed by atoms with Gasteiger partial charge in [0, 0.05) is 12.6 Å². The maximum atomic E-state index is 10.3. The van der Waals surface area contributed by atoms with E-state index in [0.29, 0.717) is 5.69 Å². The monoisotopic (exact) mass is 347 g/mol. The molecule has 0 saturated heterocycles. The summed E-state index contributed by atoms with van der Waals surface area (Å²) in [6, 6.07) is -0.863. The summed E-state index contributed by atoms with van der Waals surface area (Å²) in [6.07, 6.45) is 18.1. The molecule has 5 nitrogen and oxygen atoms in total. The molecule has 1 unspecified atom stereocenters. The van der Waals surface area contributed by atoms with Crippen molar-refractivity contribution in [3.8, 4) is 0 Å². The van der Waals surface area contributed by atoms with Gasteiger partial charge in [0.25, 0.3) is 0 Å². The number of aromatic amines is 1. The Morgan fingerprint density at radius 1 is 1.17 bits per heavy atom. The van der Waals surface area contributed by atoms with Gasteiger partial charge >= 0.3 is 109 Å². The topological polar surface area (TPSA) is 92.0 Å². The van der Waals surface area contributed by atoms with Crippen LogP contribution in [0.3, 0.4) is 0 Å². The number of carboxylic acid groups (broad SMARTS) is 1. The summed E-state index contributed by atoms with van der Waals surface area (Å²) >= 11 is 1.41. The van der Waals surface area contributed by atoms with Gasteiger partial charge in [0.15, 0.2) is 0 Å². The van der Waals surface area contributed by atoms with Crippen molar-refractivity contribution >= 4 is 33.9 Å². The number of carbonyl (C=O) groups is 1. The quantitative estimate of drug-likeness (QED) is 0.373. The molecule has 0 aromatic carbocycles. The molecule has 1 aromatic rings. The zero-order valence-corrected chi connectivity index (χ0v) is 17.6. The summed E-state index contributed by atoms with van der Waals surface area (Å²) in [4.78, 5) is 16.8. The van der Waals surface area contributed by atoms with Crippen molar-refractivity contribution in [2.24, 2.45) is 5.73 Å². The SMILES string of the molecule is CCCCCCCCCCC[CH2][Na].NC(Cc1c[nH]cn1)C(=O)O. The third-order valence-corrected chi connectivity index (χ3v) is 4.72. The molecule has 0 bridgehead atoms. The predicted octanol–water partition coefficient (Wildman–Crippen LogP) is 3.86. The Bertz CT molecular complexity index is 376. The van der Waals surface area contributed by atoms with Gasteiger partial charge in [0.05, 0.1) is 12.0 Å². The van der Waals surface area contributed by atoms with Gasteiger partial charge in [-0.05, 0) is 0 Å². The molecule has 0 aliphatic heterocycles. The minimum Gasteiger partial charge on any atom is -0.480 e. The number of imidazole rings is 1. The predicted molar refractivity (Wildman–Crippen MR) is 100 cm³/mol. The minimum absolute atomic E-state index is 0.263. The van der Waals surface area contributed by atoms with E-state index in [-0.39, 0.29) is 6.42 Å². The Morgan fingerprint density at radius 3 is 2.12 bits per heavy atom. The Hall–Kier alpha value is -0.360. The average molecular weight is 347 g/mol.